The van der Waals surface area contributed by atoms with Crippen LogP contribution in [0.2, 0.25) is 5.02 Å². The molecule has 7 nitrogen and oxygen atoms in total. The Balaban J connectivity index is 1.27. The standard InChI is InChI=1S/C24H29ClN2O5/c1-16-8-19(9-17(2)23(16)25)30-14-24(29)6-3-7-27(13-24)12-22(28)26-11-18-4-5-20-21(10-18)32-15-31-20/h4-5,8-10,29H,3,6-7,11-15H2,1-2H3,(H,26,28). The van der Waals surface area contributed by atoms with Crippen molar-refractivity contribution in [1.29, 1.82) is 0 Å². The van der Waals surface area contributed by atoms with Gasteiger partial charge < -0.3 is 24.6 Å². The Labute approximate surface area is 193 Å². The zero-order valence-corrected chi connectivity index (χ0v) is 19.2. The van der Waals surface area contributed by atoms with E-state index in [4.69, 9.17) is 25.8 Å². The first-order chi connectivity index (χ1) is 15.3. The molecule has 1 fully saturated rings. The summed E-state index contributed by atoms with van der Waals surface area (Å²) in [5.41, 5.74) is 1.83. The van der Waals surface area contributed by atoms with Gasteiger partial charge in [-0.05, 0) is 74.2 Å². The Morgan fingerprint density at radius 1 is 1.22 bits per heavy atom. The Morgan fingerprint density at radius 2 is 1.97 bits per heavy atom. The van der Waals surface area contributed by atoms with Crippen molar-refractivity contribution in [2.45, 2.75) is 38.8 Å². The van der Waals surface area contributed by atoms with E-state index in [1.165, 1.54) is 0 Å². The Bertz CT molecular complexity index is 975. The van der Waals surface area contributed by atoms with Crippen molar-refractivity contribution < 1.29 is 24.1 Å². The number of hydrogen-bond donors (Lipinski definition) is 2. The highest BCUT2D eigenvalue weighted by molar-refractivity contribution is 6.32. The van der Waals surface area contributed by atoms with Crippen LogP contribution in [-0.2, 0) is 11.3 Å². The van der Waals surface area contributed by atoms with Crippen LogP contribution in [0.4, 0.5) is 0 Å². The first-order valence-electron chi connectivity index (χ1n) is 10.8. The molecule has 2 heterocycles. The molecule has 1 saturated heterocycles. The number of nitrogens with zero attached hydrogens (tertiary/aromatic N) is 1. The summed E-state index contributed by atoms with van der Waals surface area (Å²) in [6, 6.07) is 9.38. The summed E-state index contributed by atoms with van der Waals surface area (Å²) in [7, 11) is 0. The van der Waals surface area contributed by atoms with Gasteiger partial charge in [0, 0.05) is 18.1 Å². The van der Waals surface area contributed by atoms with Gasteiger partial charge in [-0.15, -0.1) is 0 Å². The number of rotatable bonds is 7. The van der Waals surface area contributed by atoms with Crippen LogP contribution in [0.15, 0.2) is 30.3 Å². The van der Waals surface area contributed by atoms with Crippen molar-refractivity contribution >= 4 is 17.5 Å². The smallest absolute Gasteiger partial charge is 0.234 e. The lowest BCUT2D eigenvalue weighted by Crippen LogP contribution is -2.53. The van der Waals surface area contributed by atoms with Crippen molar-refractivity contribution in [3.8, 4) is 17.2 Å². The molecular weight excluding hydrogens is 432 g/mol. The van der Waals surface area contributed by atoms with E-state index in [1.807, 2.05) is 49.1 Å². The number of amides is 1. The minimum atomic E-state index is -1.00. The third kappa shape index (κ3) is 5.46. The number of carbonyl (C=O) groups is 1. The normalized spacial score (nSPS) is 20.2. The predicted octanol–water partition coefficient (Wildman–Crippen LogP) is 3.21. The molecular formula is C24H29ClN2O5. The predicted molar refractivity (Wildman–Crippen MR) is 121 cm³/mol. The number of fused-ring (bicyclic) bond motifs is 1. The van der Waals surface area contributed by atoms with Crippen LogP contribution in [0.3, 0.4) is 0 Å². The second-order valence-corrected chi connectivity index (χ2v) is 9.04. The van der Waals surface area contributed by atoms with E-state index in [0.717, 1.165) is 40.4 Å². The highest BCUT2D eigenvalue weighted by Crippen LogP contribution is 2.32. The average molecular weight is 461 g/mol. The molecule has 2 aliphatic heterocycles. The highest BCUT2D eigenvalue weighted by atomic mass is 35.5. The van der Waals surface area contributed by atoms with Gasteiger partial charge in [0.05, 0.1) is 6.54 Å². The van der Waals surface area contributed by atoms with Gasteiger partial charge in [0.2, 0.25) is 12.7 Å². The van der Waals surface area contributed by atoms with Crippen molar-refractivity contribution in [3.63, 3.8) is 0 Å². The molecule has 0 saturated carbocycles. The molecule has 4 rings (SSSR count). The van der Waals surface area contributed by atoms with Crippen LogP contribution < -0.4 is 19.5 Å². The summed E-state index contributed by atoms with van der Waals surface area (Å²) in [6.07, 6.45) is 1.43. The van der Waals surface area contributed by atoms with Crippen LogP contribution in [0.25, 0.3) is 0 Å². The quantitative estimate of drug-likeness (QED) is 0.660. The fraction of sp³-hybridized carbons (Fsp3) is 0.458. The first-order valence-corrected chi connectivity index (χ1v) is 11.2. The fourth-order valence-corrected chi connectivity index (χ4v) is 4.29. The lowest BCUT2D eigenvalue weighted by molar-refractivity contribution is -0.124. The minimum absolute atomic E-state index is 0.0863. The second kappa shape index (κ2) is 9.57. The summed E-state index contributed by atoms with van der Waals surface area (Å²) in [5, 5.41) is 14.7. The van der Waals surface area contributed by atoms with Crippen LogP contribution in [0, 0.1) is 13.8 Å². The maximum atomic E-state index is 12.5. The summed E-state index contributed by atoms with van der Waals surface area (Å²) >= 11 is 6.22. The molecule has 1 unspecified atom stereocenters. The lowest BCUT2D eigenvalue weighted by atomic mass is 9.93. The molecule has 172 valence electrons. The van der Waals surface area contributed by atoms with Gasteiger partial charge in [-0.1, -0.05) is 17.7 Å². The Hall–Kier alpha value is -2.48. The highest BCUT2D eigenvalue weighted by Gasteiger charge is 2.34. The number of halogens is 1. The van der Waals surface area contributed by atoms with E-state index < -0.39 is 5.60 Å². The molecule has 0 spiro atoms. The zero-order valence-electron chi connectivity index (χ0n) is 18.4. The van der Waals surface area contributed by atoms with Crippen LogP contribution in [-0.4, -0.2) is 54.5 Å². The maximum Gasteiger partial charge on any atom is 0.234 e. The van der Waals surface area contributed by atoms with Gasteiger partial charge in [-0.3, -0.25) is 9.69 Å². The number of piperidine rings is 1. The fourth-order valence-electron chi connectivity index (χ4n) is 4.18. The van der Waals surface area contributed by atoms with Crippen molar-refractivity contribution in [2.24, 2.45) is 0 Å². The molecule has 2 aromatic carbocycles. The molecule has 0 aliphatic carbocycles. The molecule has 2 aromatic rings. The third-order valence-corrected chi connectivity index (χ3v) is 6.44. The monoisotopic (exact) mass is 460 g/mol. The maximum absolute atomic E-state index is 12.5. The number of ether oxygens (including phenoxy) is 3. The molecule has 0 radical (unpaired) electrons. The Morgan fingerprint density at radius 3 is 2.75 bits per heavy atom. The molecule has 8 heteroatoms. The zero-order chi connectivity index (χ0) is 22.7. The van der Waals surface area contributed by atoms with E-state index in [-0.39, 0.29) is 25.9 Å². The largest absolute Gasteiger partial charge is 0.491 e. The van der Waals surface area contributed by atoms with E-state index in [2.05, 4.69) is 5.32 Å². The van der Waals surface area contributed by atoms with E-state index >= 15 is 0 Å². The number of benzene rings is 2. The van der Waals surface area contributed by atoms with Crippen molar-refractivity contribution in [1.82, 2.24) is 10.2 Å². The SMILES string of the molecule is Cc1cc(OCC2(O)CCCN(CC(=O)NCc3ccc4c(c3)OCO4)C2)cc(C)c1Cl. The number of aryl methyl sites for hydroxylation is 2. The lowest BCUT2D eigenvalue weighted by Gasteiger charge is -2.38. The minimum Gasteiger partial charge on any atom is -0.491 e. The number of nitrogens with one attached hydrogen (secondary N) is 1. The van der Waals surface area contributed by atoms with E-state index in [1.54, 1.807) is 0 Å². The molecule has 0 bridgehead atoms. The van der Waals surface area contributed by atoms with Crippen LogP contribution in [0.1, 0.15) is 29.5 Å². The molecule has 0 aromatic heterocycles. The van der Waals surface area contributed by atoms with Crippen molar-refractivity contribution in [3.05, 3.63) is 52.0 Å². The van der Waals surface area contributed by atoms with Crippen molar-refractivity contribution in [2.75, 3.05) is 33.0 Å². The van der Waals surface area contributed by atoms with Gasteiger partial charge >= 0.3 is 0 Å². The first kappa shape index (κ1) is 22.7. The number of carbonyl (C=O) groups excluding carboxylic acids is 1. The van der Waals surface area contributed by atoms with Gasteiger partial charge in [0.25, 0.3) is 0 Å². The molecule has 2 N–H and O–H groups in total. The van der Waals surface area contributed by atoms with Gasteiger partial charge in [-0.2, -0.15) is 0 Å². The number of aliphatic hydroxyl groups is 1. The van der Waals surface area contributed by atoms with Gasteiger partial charge in [0.1, 0.15) is 18.0 Å². The van der Waals surface area contributed by atoms with Gasteiger partial charge in [0.15, 0.2) is 11.5 Å². The average Bonchev–Trinajstić information content (AvgIpc) is 3.22. The molecule has 2 aliphatic rings. The van der Waals surface area contributed by atoms with Crippen LogP contribution in [0.5, 0.6) is 17.2 Å². The summed E-state index contributed by atoms with van der Waals surface area (Å²) in [6.45, 7) is 6.04. The van der Waals surface area contributed by atoms with Crippen LogP contribution >= 0.6 is 11.6 Å². The van der Waals surface area contributed by atoms with E-state index in [9.17, 15) is 9.90 Å². The third-order valence-electron chi connectivity index (χ3n) is 5.85. The summed E-state index contributed by atoms with van der Waals surface area (Å²) in [5.74, 6) is 2.02. The second-order valence-electron chi connectivity index (χ2n) is 8.66. The summed E-state index contributed by atoms with van der Waals surface area (Å²) in [4.78, 5) is 14.5. The number of β-amino-alcohol motifs (C(OH)–C–C–N with tert-alkyl or cyclic N) is 1. The Kier molecular flexibility index (Phi) is 6.79. The molecule has 1 amide bonds. The topological polar surface area (TPSA) is 80.3 Å². The summed E-state index contributed by atoms with van der Waals surface area (Å²) < 4.78 is 16.6. The molecule has 32 heavy (non-hydrogen) atoms. The van der Waals surface area contributed by atoms with Gasteiger partial charge in [-0.25, -0.2) is 0 Å². The number of hydrogen-bond acceptors (Lipinski definition) is 6. The van der Waals surface area contributed by atoms with E-state index in [0.29, 0.717) is 31.0 Å². The number of likely N-dealkylation sites (tertiary alicyclic amines) is 1. The molecule has 1 atom stereocenters.